The van der Waals surface area contributed by atoms with Crippen molar-refractivity contribution < 1.29 is 8.42 Å². The Hall–Kier alpha value is -1.34. The summed E-state index contributed by atoms with van der Waals surface area (Å²) in [5.74, 6) is 0. The molecule has 0 N–H and O–H groups in total. The van der Waals surface area contributed by atoms with Crippen molar-refractivity contribution in [1.82, 2.24) is 0 Å². The second-order valence-electron chi connectivity index (χ2n) is 3.06. The fourth-order valence-corrected chi connectivity index (χ4v) is 1.87. The lowest BCUT2D eigenvalue weighted by molar-refractivity contribution is 0.601. The minimum absolute atomic E-state index is 0.272. The second-order valence-corrected chi connectivity index (χ2v) is 5.07. The van der Waals surface area contributed by atoms with Gasteiger partial charge in [0.2, 0.25) is 0 Å². The molecule has 1 aromatic carbocycles. The van der Waals surface area contributed by atoms with Crippen molar-refractivity contribution in [3.8, 4) is 6.07 Å². The number of rotatable bonds is 2. The van der Waals surface area contributed by atoms with Crippen molar-refractivity contribution in [1.29, 1.82) is 5.26 Å². The Bertz CT molecular complexity index is 483. The Balaban J connectivity index is 3.37. The molecule has 0 atom stereocenters. The van der Waals surface area contributed by atoms with Gasteiger partial charge in [-0.3, -0.25) is 0 Å². The van der Waals surface area contributed by atoms with Crippen LogP contribution >= 0.6 is 0 Å². The number of sulfone groups is 1. The Morgan fingerprint density at radius 3 is 2.50 bits per heavy atom. The first kappa shape index (κ1) is 10.7. The molecule has 0 aliphatic rings. The maximum Gasteiger partial charge on any atom is 0.175 e. The topological polar surface area (TPSA) is 57.9 Å². The summed E-state index contributed by atoms with van der Waals surface area (Å²) in [5.41, 5.74) is 1.32. The van der Waals surface area contributed by atoms with E-state index >= 15 is 0 Å². The van der Waals surface area contributed by atoms with Crippen molar-refractivity contribution in [2.75, 3.05) is 6.26 Å². The van der Waals surface area contributed by atoms with Crippen molar-refractivity contribution in [3.63, 3.8) is 0 Å². The van der Waals surface area contributed by atoms with Gasteiger partial charge < -0.3 is 0 Å². The molecule has 0 saturated carbocycles. The number of nitriles is 1. The van der Waals surface area contributed by atoms with E-state index in [1.165, 1.54) is 6.07 Å². The zero-order valence-electron chi connectivity index (χ0n) is 8.11. The number of nitrogens with zero attached hydrogens (tertiary/aromatic N) is 1. The van der Waals surface area contributed by atoms with Crippen LogP contribution in [0.5, 0.6) is 0 Å². The van der Waals surface area contributed by atoms with Crippen molar-refractivity contribution in [2.45, 2.75) is 18.2 Å². The lowest BCUT2D eigenvalue weighted by Gasteiger charge is -2.03. The first-order valence-corrected chi connectivity index (χ1v) is 6.11. The third-order valence-electron chi connectivity index (χ3n) is 2.01. The minimum atomic E-state index is -3.17. The predicted octanol–water partition coefficient (Wildman–Crippen LogP) is 1.52. The summed E-state index contributed by atoms with van der Waals surface area (Å²) < 4.78 is 22.4. The van der Waals surface area contributed by atoms with Crippen molar-refractivity contribution >= 4 is 9.84 Å². The zero-order chi connectivity index (χ0) is 10.8. The lowest BCUT2D eigenvalue weighted by Crippen LogP contribution is -1.99. The fraction of sp³-hybridized carbons (Fsp3) is 0.300. The van der Waals surface area contributed by atoms with E-state index in [0.29, 0.717) is 12.0 Å². The van der Waals surface area contributed by atoms with Gasteiger partial charge in [0.25, 0.3) is 0 Å². The normalized spacial score (nSPS) is 10.9. The van der Waals surface area contributed by atoms with E-state index in [9.17, 15) is 8.42 Å². The maximum atomic E-state index is 11.2. The molecule has 0 fully saturated rings. The maximum absolute atomic E-state index is 11.2. The molecule has 3 nitrogen and oxygen atoms in total. The van der Waals surface area contributed by atoms with Crippen molar-refractivity contribution in [2.24, 2.45) is 0 Å². The van der Waals surface area contributed by atoms with Gasteiger partial charge in [0.1, 0.15) is 0 Å². The molecule has 1 rings (SSSR count). The van der Waals surface area contributed by atoms with Gasteiger partial charge in [-0.05, 0) is 30.2 Å². The van der Waals surface area contributed by atoms with Crippen LogP contribution < -0.4 is 0 Å². The molecule has 0 radical (unpaired) electrons. The van der Waals surface area contributed by atoms with Crippen LogP contribution in [0.2, 0.25) is 0 Å². The Morgan fingerprint density at radius 2 is 2.07 bits per heavy atom. The summed E-state index contributed by atoms with van der Waals surface area (Å²) in [6.07, 6.45) is 1.82. The molecule has 0 aliphatic heterocycles. The van der Waals surface area contributed by atoms with Crippen LogP contribution in [-0.2, 0) is 16.3 Å². The monoisotopic (exact) mass is 209 g/mol. The third kappa shape index (κ3) is 2.12. The molecular weight excluding hydrogens is 198 g/mol. The minimum Gasteiger partial charge on any atom is -0.224 e. The van der Waals surface area contributed by atoms with Crippen LogP contribution in [0.1, 0.15) is 18.1 Å². The summed E-state index contributed by atoms with van der Waals surface area (Å²) in [7, 11) is -3.17. The van der Waals surface area contributed by atoms with Crippen LogP contribution in [0.15, 0.2) is 23.1 Å². The molecule has 74 valence electrons. The number of hydrogen-bond donors (Lipinski definition) is 0. The number of aryl methyl sites for hydroxylation is 1. The van der Waals surface area contributed by atoms with E-state index < -0.39 is 9.84 Å². The molecule has 1 aromatic rings. The number of benzene rings is 1. The largest absolute Gasteiger partial charge is 0.224 e. The Labute approximate surface area is 83.9 Å². The molecule has 0 aliphatic carbocycles. The van der Waals surface area contributed by atoms with Gasteiger partial charge in [-0.2, -0.15) is 5.26 Å². The smallest absolute Gasteiger partial charge is 0.175 e. The van der Waals surface area contributed by atoms with Crippen LogP contribution in [0.3, 0.4) is 0 Å². The van der Waals surface area contributed by atoms with E-state index in [2.05, 4.69) is 0 Å². The highest BCUT2D eigenvalue weighted by Gasteiger charge is 2.09. The molecule has 0 saturated heterocycles. The van der Waals surface area contributed by atoms with Gasteiger partial charge in [-0.15, -0.1) is 0 Å². The van der Waals surface area contributed by atoms with Gasteiger partial charge in [-0.1, -0.05) is 6.92 Å². The third-order valence-corrected chi connectivity index (χ3v) is 3.12. The van der Waals surface area contributed by atoms with Crippen LogP contribution in [-0.4, -0.2) is 14.7 Å². The van der Waals surface area contributed by atoms with Gasteiger partial charge in [-0.25, -0.2) is 8.42 Å². The Kier molecular flexibility index (Phi) is 2.92. The molecule has 14 heavy (non-hydrogen) atoms. The molecule has 0 unspecified atom stereocenters. The average Bonchev–Trinajstić information content (AvgIpc) is 2.15. The van der Waals surface area contributed by atoms with Gasteiger partial charge in [0.05, 0.1) is 16.5 Å². The zero-order valence-corrected chi connectivity index (χ0v) is 8.93. The summed E-state index contributed by atoms with van der Waals surface area (Å²) in [6.45, 7) is 1.89. The average molecular weight is 209 g/mol. The summed E-state index contributed by atoms with van der Waals surface area (Å²) >= 11 is 0. The van der Waals surface area contributed by atoms with E-state index in [4.69, 9.17) is 5.26 Å². The SMILES string of the molecule is CCc1cc(S(C)(=O)=O)ccc1C#N. The molecule has 0 heterocycles. The first-order valence-electron chi connectivity index (χ1n) is 4.22. The van der Waals surface area contributed by atoms with E-state index in [0.717, 1.165) is 11.8 Å². The highest BCUT2D eigenvalue weighted by molar-refractivity contribution is 7.90. The predicted molar refractivity (Wildman–Crippen MR) is 53.6 cm³/mol. The summed E-state index contributed by atoms with van der Waals surface area (Å²) in [6, 6.07) is 6.61. The van der Waals surface area contributed by atoms with E-state index in [-0.39, 0.29) is 4.90 Å². The fourth-order valence-electron chi connectivity index (χ4n) is 1.20. The first-order chi connectivity index (χ1) is 6.49. The van der Waals surface area contributed by atoms with Crippen LogP contribution in [0, 0.1) is 11.3 Å². The van der Waals surface area contributed by atoms with Crippen LogP contribution in [0.25, 0.3) is 0 Å². The summed E-state index contributed by atoms with van der Waals surface area (Å²) in [4.78, 5) is 0.272. The highest BCUT2D eigenvalue weighted by atomic mass is 32.2. The second kappa shape index (κ2) is 3.81. The molecule has 0 aromatic heterocycles. The number of hydrogen-bond acceptors (Lipinski definition) is 3. The van der Waals surface area contributed by atoms with Gasteiger partial charge >= 0.3 is 0 Å². The van der Waals surface area contributed by atoms with E-state index in [1.807, 2.05) is 13.0 Å². The lowest BCUT2D eigenvalue weighted by atomic mass is 10.1. The van der Waals surface area contributed by atoms with Crippen molar-refractivity contribution in [3.05, 3.63) is 29.3 Å². The molecule has 0 amide bonds. The van der Waals surface area contributed by atoms with Gasteiger partial charge in [0, 0.05) is 6.26 Å². The molecule has 4 heteroatoms. The van der Waals surface area contributed by atoms with Gasteiger partial charge in [0.15, 0.2) is 9.84 Å². The van der Waals surface area contributed by atoms with Crippen LogP contribution in [0.4, 0.5) is 0 Å². The molecule has 0 spiro atoms. The quantitative estimate of drug-likeness (QED) is 0.742. The summed E-state index contributed by atoms with van der Waals surface area (Å²) in [5, 5.41) is 8.74. The Morgan fingerprint density at radius 1 is 1.43 bits per heavy atom. The standard InChI is InChI=1S/C10H11NO2S/c1-3-8-6-10(14(2,12)13)5-4-9(8)7-11/h4-6H,3H2,1-2H3. The highest BCUT2D eigenvalue weighted by Crippen LogP contribution is 2.15. The molecule has 0 bridgehead atoms. The van der Waals surface area contributed by atoms with E-state index in [1.54, 1.807) is 12.1 Å². The molecular formula is C10H11NO2S.